The van der Waals surface area contributed by atoms with Gasteiger partial charge in [-0.1, -0.05) is 50.6 Å². The molecule has 0 aliphatic carbocycles. The lowest BCUT2D eigenvalue weighted by Crippen LogP contribution is -2.57. The van der Waals surface area contributed by atoms with Gasteiger partial charge in [0, 0.05) is 21.6 Å². The van der Waals surface area contributed by atoms with Gasteiger partial charge in [0.2, 0.25) is 17.7 Å². The first-order valence-electron chi connectivity index (χ1n) is 13.2. The fourth-order valence-corrected chi connectivity index (χ4v) is 9.30. The third-order valence-electron chi connectivity index (χ3n) is 8.24. The molecule has 7 atom stereocenters. The van der Waals surface area contributed by atoms with Gasteiger partial charge in [0.15, 0.2) is 0 Å². The highest BCUT2D eigenvalue weighted by Gasteiger charge is 2.76. The summed E-state index contributed by atoms with van der Waals surface area (Å²) in [6, 6.07) is 14.8. The number of hydrogen-bond acceptors (Lipinski definition) is 5. The third-order valence-corrected chi connectivity index (χ3v) is 10.6. The van der Waals surface area contributed by atoms with E-state index in [1.807, 2.05) is 44.2 Å². The van der Waals surface area contributed by atoms with Crippen molar-refractivity contribution in [2.75, 3.05) is 17.2 Å². The van der Waals surface area contributed by atoms with Crippen LogP contribution in [0.5, 0.6) is 0 Å². The Morgan fingerprint density at radius 1 is 1.08 bits per heavy atom. The van der Waals surface area contributed by atoms with Crippen molar-refractivity contribution in [1.29, 1.82) is 0 Å². The number of carbonyl (C=O) groups is 3. The zero-order chi connectivity index (χ0) is 27.2. The molecule has 7 nitrogen and oxygen atoms in total. The minimum absolute atomic E-state index is 0.0385. The summed E-state index contributed by atoms with van der Waals surface area (Å²) in [6.07, 6.45) is 1.30. The normalized spacial score (nSPS) is 30.4. The van der Waals surface area contributed by atoms with E-state index in [1.165, 1.54) is 0 Å². The number of carbonyl (C=O) groups excluding carboxylic acids is 3. The molecule has 3 amide bonds. The lowest BCUT2D eigenvalue weighted by atomic mass is 9.66. The summed E-state index contributed by atoms with van der Waals surface area (Å²) in [5.74, 6) is -1.66. The molecular weight excluding hydrogens is 522 g/mol. The molecule has 9 heteroatoms. The van der Waals surface area contributed by atoms with Crippen LogP contribution in [-0.2, 0) is 14.4 Å². The topological polar surface area (TPSA) is 98.7 Å². The van der Waals surface area contributed by atoms with Crippen LogP contribution in [0.3, 0.4) is 0 Å². The van der Waals surface area contributed by atoms with Gasteiger partial charge in [0.25, 0.3) is 0 Å². The van der Waals surface area contributed by atoms with Crippen LogP contribution < -0.4 is 10.6 Å². The fraction of sp³-hybridized carbons (Fsp3) is 0.483. The number of likely N-dealkylation sites (tertiary alicyclic amines) is 1. The number of nitrogens with one attached hydrogen (secondary N) is 2. The largest absolute Gasteiger partial charge is 0.394 e. The number of aliphatic hydroxyl groups excluding tert-OH is 1. The van der Waals surface area contributed by atoms with E-state index in [9.17, 15) is 19.5 Å². The predicted octanol–water partition coefficient (Wildman–Crippen LogP) is 4.66. The summed E-state index contributed by atoms with van der Waals surface area (Å²) in [5, 5.41) is 16.9. The van der Waals surface area contributed by atoms with Gasteiger partial charge in [-0.15, -0.1) is 11.8 Å². The van der Waals surface area contributed by atoms with E-state index in [2.05, 4.69) is 17.6 Å². The van der Waals surface area contributed by atoms with Crippen molar-refractivity contribution in [1.82, 2.24) is 4.90 Å². The molecule has 5 rings (SSSR count). The Kier molecular flexibility index (Phi) is 7.50. The van der Waals surface area contributed by atoms with Gasteiger partial charge < -0.3 is 20.6 Å². The molecule has 2 aromatic rings. The van der Waals surface area contributed by atoms with Crippen molar-refractivity contribution in [2.45, 2.75) is 55.7 Å². The van der Waals surface area contributed by atoms with Crippen LogP contribution in [0.25, 0.3) is 0 Å². The molecule has 38 heavy (non-hydrogen) atoms. The highest BCUT2D eigenvalue weighted by molar-refractivity contribution is 8.02. The molecule has 3 aliphatic rings. The summed E-state index contributed by atoms with van der Waals surface area (Å²) < 4.78 is -0.763. The summed E-state index contributed by atoms with van der Waals surface area (Å²) in [7, 11) is 0. The Morgan fingerprint density at radius 3 is 2.34 bits per heavy atom. The molecular formula is C29H34ClN3O4S. The lowest BCUT2D eigenvalue weighted by molar-refractivity contribution is -0.141. The van der Waals surface area contributed by atoms with Crippen molar-refractivity contribution >= 4 is 52.5 Å². The summed E-state index contributed by atoms with van der Waals surface area (Å²) in [4.78, 5) is 43.6. The summed E-state index contributed by atoms with van der Waals surface area (Å²) in [6.45, 7) is 5.90. The first kappa shape index (κ1) is 27.0. The maximum absolute atomic E-state index is 14.3. The van der Waals surface area contributed by atoms with Crippen molar-refractivity contribution in [3.63, 3.8) is 0 Å². The van der Waals surface area contributed by atoms with E-state index in [0.29, 0.717) is 22.8 Å². The average molecular weight is 556 g/mol. The summed E-state index contributed by atoms with van der Waals surface area (Å²) >= 11 is 7.66. The van der Waals surface area contributed by atoms with Crippen LogP contribution in [0.1, 0.15) is 33.6 Å². The van der Waals surface area contributed by atoms with E-state index >= 15 is 0 Å². The SMILES string of the molecule is CC(C)C[C@H](CO)N1C(=O)[C@@H]2[C@@H](C(=O)Nc3ccccc3)[C@H]3CC(C)C2(S3)C1C(=O)Nc1ccc(Cl)cc1. The highest BCUT2D eigenvalue weighted by atomic mass is 35.5. The van der Waals surface area contributed by atoms with E-state index < -0.39 is 28.7 Å². The van der Waals surface area contributed by atoms with Crippen molar-refractivity contribution in [2.24, 2.45) is 23.7 Å². The van der Waals surface area contributed by atoms with Crippen LogP contribution in [0.15, 0.2) is 54.6 Å². The Hall–Kier alpha value is -2.55. The van der Waals surface area contributed by atoms with E-state index in [-0.39, 0.29) is 41.4 Å². The molecule has 202 valence electrons. The van der Waals surface area contributed by atoms with Gasteiger partial charge in [-0.05, 0) is 61.1 Å². The first-order chi connectivity index (χ1) is 18.2. The van der Waals surface area contributed by atoms with Crippen LogP contribution in [0, 0.1) is 23.7 Å². The number of benzene rings is 2. The third kappa shape index (κ3) is 4.50. The number of rotatable bonds is 8. The number of fused-ring (bicyclic) bond motifs is 1. The maximum Gasteiger partial charge on any atom is 0.248 e. The molecule has 0 radical (unpaired) electrons. The number of aliphatic hydroxyl groups is 1. The zero-order valence-corrected chi connectivity index (χ0v) is 23.3. The highest BCUT2D eigenvalue weighted by Crippen LogP contribution is 2.69. The number of halogens is 1. The Bertz CT molecular complexity index is 1210. The first-order valence-corrected chi connectivity index (χ1v) is 14.5. The Balaban J connectivity index is 1.54. The van der Waals surface area contributed by atoms with Crippen LogP contribution in [0.2, 0.25) is 5.02 Å². The average Bonchev–Trinajstić information content (AvgIpc) is 3.48. The van der Waals surface area contributed by atoms with E-state index in [4.69, 9.17) is 11.6 Å². The molecule has 3 saturated heterocycles. The van der Waals surface area contributed by atoms with E-state index in [1.54, 1.807) is 40.9 Å². The quantitative estimate of drug-likeness (QED) is 0.440. The molecule has 3 unspecified atom stereocenters. The predicted molar refractivity (Wildman–Crippen MR) is 151 cm³/mol. The monoisotopic (exact) mass is 555 g/mol. The van der Waals surface area contributed by atoms with Gasteiger partial charge in [0.1, 0.15) is 6.04 Å². The molecule has 3 N–H and O–H groups in total. The van der Waals surface area contributed by atoms with E-state index in [0.717, 1.165) is 6.42 Å². The van der Waals surface area contributed by atoms with Gasteiger partial charge in [-0.25, -0.2) is 0 Å². The Morgan fingerprint density at radius 2 is 1.71 bits per heavy atom. The molecule has 3 fully saturated rings. The minimum Gasteiger partial charge on any atom is -0.394 e. The minimum atomic E-state index is -0.814. The molecule has 0 aromatic heterocycles. The molecule has 3 heterocycles. The number of anilines is 2. The fourth-order valence-electron chi connectivity index (χ4n) is 6.76. The molecule has 2 bridgehead atoms. The molecule has 3 aliphatic heterocycles. The van der Waals surface area contributed by atoms with Gasteiger partial charge >= 0.3 is 0 Å². The number of para-hydroxylation sites is 1. The zero-order valence-electron chi connectivity index (χ0n) is 21.8. The van der Waals surface area contributed by atoms with Gasteiger partial charge in [-0.3, -0.25) is 14.4 Å². The van der Waals surface area contributed by atoms with Gasteiger partial charge in [0.05, 0.1) is 29.2 Å². The Labute approximate surface area is 232 Å². The number of hydrogen-bond donors (Lipinski definition) is 3. The van der Waals surface area contributed by atoms with Crippen LogP contribution in [0.4, 0.5) is 11.4 Å². The number of thioether (sulfide) groups is 1. The smallest absolute Gasteiger partial charge is 0.248 e. The molecule has 0 saturated carbocycles. The molecule has 2 aromatic carbocycles. The number of amides is 3. The van der Waals surface area contributed by atoms with Crippen LogP contribution in [-0.4, -0.2) is 56.4 Å². The van der Waals surface area contributed by atoms with Crippen LogP contribution >= 0.6 is 23.4 Å². The molecule has 1 spiro atoms. The second-order valence-corrected chi connectivity index (χ2v) is 13.1. The maximum atomic E-state index is 14.3. The lowest BCUT2D eigenvalue weighted by Gasteiger charge is -2.40. The standard InChI is InChI=1S/C29H34ClN3O4S/c1-16(2)13-21(15-34)33-25(27(36)32-20-11-9-18(30)10-12-20)29-17(3)14-22(38-29)23(24(29)28(33)37)26(35)31-19-7-5-4-6-8-19/h4-12,16-17,21-25,34H,13-15H2,1-3H3,(H,31,35)(H,32,36)/t17?,21-,22-,23+,24+,25?,29?/m1/s1. The second-order valence-electron chi connectivity index (χ2n) is 11.1. The summed E-state index contributed by atoms with van der Waals surface area (Å²) in [5.41, 5.74) is 1.26. The second kappa shape index (κ2) is 10.5. The number of nitrogens with zero attached hydrogens (tertiary/aromatic N) is 1. The van der Waals surface area contributed by atoms with Crippen molar-refractivity contribution in [3.05, 3.63) is 59.6 Å². The van der Waals surface area contributed by atoms with Crippen molar-refractivity contribution < 1.29 is 19.5 Å². The van der Waals surface area contributed by atoms with Crippen molar-refractivity contribution in [3.8, 4) is 0 Å². The van der Waals surface area contributed by atoms with Gasteiger partial charge in [-0.2, -0.15) is 0 Å².